The van der Waals surface area contributed by atoms with E-state index in [0.717, 1.165) is 24.3 Å². The molecule has 0 spiro atoms. The van der Waals surface area contributed by atoms with Crippen molar-refractivity contribution in [3.05, 3.63) is 89.2 Å². The predicted molar refractivity (Wildman–Crippen MR) is 112 cm³/mol. The van der Waals surface area contributed by atoms with E-state index in [0.29, 0.717) is 16.8 Å². The molecular formula is C22H14F4N2O3S. The Morgan fingerprint density at radius 1 is 0.938 bits per heavy atom. The third-order valence-electron chi connectivity index (χ3n) is 4.71. The maximum absolute atomic E-state index is 13.5. The number of nitrogens with one attached hydrogen (secondary N) is 2. The van der Waals surface area contributed by atoms with Crippen molar-refractivity contribution < 1.29 is 30.8 Å². The van der Waals surface area contributed by atoms with Gasteiger partial charge in [-0.05, 0) is 66.2 Å². The number of hydrogen-bond acceptors (Lipinski definition) is 3. The van der Waals surface area contributed by atoms with Crippen LogP contribution in [0.2, 0.25) is 0 Å². The molecule has 10 heteroatoms. The van der Waals surface area contributed by atoms with Crippen molar-refractivity contribution in [3.63, 3.8) is 0 Å². The molecule has 1 aliphatic rings. The summed E-state index contributed by atoms with van der Waals surface area (Å²) in [4.78, 5) is 12.2. The van der Waals surface area contributed by atoms with Gasteiger partial charge in [0, 0.05) is 22.5 Å². The Morgan fingerprint density at radius 2 is 1.66 bits per heavy atom. The quantitative estimate of drug-likeness (QED) is 0.417. The molecule has 3 aromatic carbocycles. The second-order valence-corrected chi connectivity index (χ2v) is 8.64. The molecule has 0 bridgehead atoms. The maximum Gasteiger partial charge on any atom is 0.416 e. The first-order valence-corrected chi connectivity index (χ1v) is 10.6. The summed E-state index contributed by atoms with van der Waals surface area (Å²) >= 11 is 0. The first-order chi connectivity index (χ1) is 15.0. The molecule has 0 fully saturated rings. The smallest absolute Gasteiger partial charge is 0.321 e. The number of halogens is 4. The Bertz CT molecular complexity index is 1350. The number of sulfonamides is 1. The number of anilines is 2. The van der Waals surface area contributed by atoms with E-state index >= 15 is 0 Å². The molecule has 4 rings (SSSR count). The summed E-state index contributed by atoms with van der Waals surface area (Å²) in [6.07, 6.45) is -3.11. The number of benzene rings is 3. The van der Waals surface area contributed by atoms with Gasteiger partial charge in [-0.25, -0.2) is 12.8 Å². The summed E-state index contributed by atoms with van der Waals surface area (Å²) in [5, 5.41) is 2.61. The van der Waals surface area contributed by atoms with Gasteiger partial charge in [0.1, 0.15) is 5.82 Å². The first-order valence-electron chi connectivity index (χ1n) is 9.16. The Morgan fingerprint density at radius 3 is 2.31 bits per heavy atom. The van der Waals surface area contributed by atoms with Crippen molar-refractivity contribution in [2.45, 2.75) is 11.1 Å². The molecule has 0 unspecified atom stereocenters. The zero-order valence-electron chi connectivity index (χ0n) is 16.1. The molecule has 1 amide bonds. The lowest BCUT2D eigenvalue weighted by Crippen LogP contribution is -2.13. The van der Waals surface area contributed by atoms with Crippen LogP contribution in [0.1, 0.15) is 16.7 Å². The molecule has 164 valence electrons. The Balaban J connectivity index is 1.66. The van der Waals surface area contributed by atoms with Gasteiger partial charge in [-0.15, -0.1) is 0 Å². The van der Waals surface area contributed by atoms with E-state index in [1.165, 1.54) is 42.5 Å². The Hall–Kier alpha value is -3.66. The molecule has 5 nitrogen and oxygen atoms in total. The minimum absolute atomic E-state index is 0.0526. The van der Waals surface area contributed by atoms with Crippen LogP contribution in [-0.4, -0.2) is 14.3 Å². The average Bonchev–Trinajstić information content (AvgIpc) is 3.02. The fraction of sp³-hybridized carbons (Fsp3) is 0.0455. The van der Waals surface area contributed by atoms with Gasteiger partial charge in [-0.3, -0.25) is 9.52 Å². The van der Waals surface area contributed by atoms with Crippen LogP contribution in [0, 0.1) is 5.82 Å². The van der Waals surface area contributed by atoms with Crippen LogP contribution < -0.4 is 10.0 Å². The highest BCUT2D eigenvalue weighted by atomic mass is 32.2. The van der Waals surface area contributed by atoms with E-state index in [9.17, 15) is 30.8 Å². The van der Waals surface area contributed by atoms with Gasteiger partial charge in [0.15, 0.2) is 0 Å². The highest BCUT2D eigenvalue weighted by Gasteiger charge is 2.30. The highest BCUT2D eigenvalue weighted by Crippen LogP contribution is 2.35. The van der Waals surface area contributed by atoms with Crippen LogP contribution in [0.4, 0.5) is 28.9 Å². The van der Waals surface area contributed by atoms with Gasteiger partial charge >= 0.3 is 6.18 Å². The molecule has 0 saturated heterocycles. The van der Waals surface area contributed by atoms with E-state index < -0.39 is 33.5 Å². The number of alkyl halides is 3. The molecule has 3 aromatic rings. The van der Waals surface area contributed by atoms with E-state index in [-0.39, 0.29) is 16.2 Å². The van der Waals surface area contributed by atoms with E-state index in [1.54, 1.807) is 6.07 Å². The summed E-state index contributed by atoms with van der Waals surface area (Å²) in [5.74, 6) is -0.968. The summed E-state index contributed by atoms with van der Waals surface area (Å²) in [7, 11) is -4.16. The third kappa shape index (κ3) is 4.35. The first kappa shape index (κ1) is 21.6. The molecule has 0 radical (unpaired) electrons. The molecule has 32 heavy (non-hydrogen) atoms. The molecule has 0 saturated carbocycles. The van der Waals surface area contributed by atoms with Gasteiger partial charge < -0.3 is 5.32 Å². The van der Waals surface area contributed by atoms with Crippen LogP contribution in [0.25, 0.3) is 11.6 Å². The molecule has 1 aliphatic heterocycles. The molecule has 0 atom stereocenters. The second kappa shape index (κ2) is 7.79. The van der Waals surface area contributed by atoms with Gasteiger partial charge in [0.2, 0.25) is 0 Å². The summed E-state index contributed by atoms with van der Waals surface area (Å²) in [6.45, 7) is 0. The minimum Gasteiger partial charge on any atom is -0.321 e. The molecular weight excluding hydrogens is 448 g/mol. The fourth-order valence-electron chi connectivity index (χ4n) is 3.18. The second-order valence-electron chi connectivity index (χ2n) is 6.96. The Labute approximate surface area is 180 Å². The van der Waals surface area contributed by atoms with Crippen LogP contribution in [0.15, 0.2) is 71.6 Å². The number of fused-ring (bicyclic) bond motifs is 1. The van der Waals surface area contributed by atoms with Crippen molar-refractivity contribution >= 4 is 39.0 Å². The molecule has 2 N–H and O–H groups in total. The number of hydrogen-bond donors (Lipinski definition) is 2. The molecule has 0 aromatic heterocycles. The summed E-state index contributed by atoms with van der Waals surface area (Å²) < 4.78 is 79.3. The number of carbonyl (C=O) groups is 1. The van der Waals surface area contributed by atoms with Crippen molar-refractivity contribution in [1.82, 2.24) is 0 Å². The zero-order chi connectivity index (χ0) is 23.1. The highest BCUT2D eigenvalue weighted by molar-refractivity contribution is 7.92. The SMILES string of the molecule is O=C1Nc2ccc(S(=O)(=O)Nc3ccc(C(F)(F)F)cc3)cc2C1=Cc1cccc(F)c1. The lowest BCUT2D eigenvalue weighted by Gasteiger charge is -2.11. The molecule has 1 heterocycles. The van der Waals surface area contributed by atoms with Gasteiger partial charge in [0.25, 0.3) is 15.9 Å². The largest absolute Gasteiger partial charge is 0.416 e. The van der Waals surface area contributed by atoms with Crippen LogP contribution in [0.3, 0.4) is 0 Å². The number of rotatable bonds is 4. The molecule has 0 aliphatic carbocycles. The minimum atomic E-state index is -4.54. The van der Waals surface area contributed by atoms with E-state index in [4.69, 9.17) is 0 Å². The van der Waals surface area contributed by atoms with Crippen LogP contribution in [0.5, 0.6) is 0 Å². The Kier molecular flexibility index (Phi) is 5.25. The predicted octanol–water partition coefficient (Wildman–Crippen LogP) is 5.14. The van der Waals surface area contributed by atoms with Crippen molar-refractivity contribution in [3.8, 4) is 0 Å². The van der Waals surface area contributed by atoms with Gasteiger partial charge in [0.05, 0.1) is 10.5 Å². The van der Waals surface area contributed by atoms with E-state index in [2.05, 4.69) is 10.0 Å². The lowest BCUT2D eigenvalue weighted by atomic mass is 10.0. The van der Waals surface area contributed by atoms with E-state index in [1.807, 2.05) is 0 Å². The van der Waals surface area contributed by atoms with Crippen LogP contribution in [-0.2, 0) is 21.0 Å². The fourth-order valence-corrected chi connectivity index (χ4v) is 4.27. The van der Waals surface area contributed by atoms with Gasteiger partial charge in [-0.2, -0.15) is 13.2 Å². The summed E-state index contributed by atoms with van der Waals surface area (Å²) in [5.41, 5.74) is 0.287. The van der Waals surface area contributed by atoms with Crippen molar-refractivity contribution in [2.75, 3.05) is 10.0 Å². The zero-order valence-corrected chi connectivity index (χ0v) is 16.9. The third-order valence-corrected chi connectivity index (χ3v) is 6.09. The van der Waals surface area contributed by atoms with Crippen LogP contribution >= 0.6 is 0 Å². The topological polar surface area (TPSA) is 75.3 Å². The lowest BCUT2D eigenvalue weighted by molar-refractivity contribution is -0.137. The van der Waals surface area contributed by atoms with Crippen molar-refractivity contribution in [1.29, 1.82) is 0 Å². The monoisotopic (exact) mass is 462 g/mol. The van der Waals surface area contributed by atoms with Crippen molar-refractivity contribution in [2.24, 2.45) is 0 Å². The standard InChI is InChI=1S/C22H14F4N2O3S/c23-15-3-1-2-13(10-15)11-19-18-12-17(8-9-20(18)27-21(19)29)32(30,31)28-16-6-4-14(5-7-16)22(24,25)26/h1-12,28H,(H,27,29). The summed E-state index contributed by atoms with van der Waals surface area (Å²) in [6, 6.07) is 13.0. The number of carbonyl (C=O) groups excluding carboxylic acids is 1. The number of amides is 1. The normalized spacial score (nSPS) is 14.9. The maximum atomic E-state index is 13.5. The average molecular weight is 462 g/mol. The van der Waals surface area contributed by atoms with Gasteiger partial charge in [-0.1, -0.05) is 12.1 Å².